The number of ether oxygens (including phenoxy) is 1. The van der Waals surface area contributed by atoms with Crippen molar-refractivity contribution in [1.29, 1.82) is 0 Å². The molecule has 0 unspecified atom stereocenters. The summed E-state index contributed by atoms with van der Waals surface area (Å²) in [5.41, 5.74) is 1.66. The molecule has 7 nitrogen and oxygen atoms in total. The van der Waals surface area contributed by atoms with Crippen LogP contribution in [0.1, 0.15) is 33.8 Å². The van der Waals surface area contributed by atoms with Gasteiger partial charge in [0.1, 0.15) is 17.1 Å². The van der Waals surface area contributed by atoms with E-state index >= 15 is 0 Å². The Morgan fingerprint density at radius 3 is 3.05 bits per heavy atom. The summed E-state index contributed by atoms with van der Waals surface area (Å²) in [4.78, 5) is 23.4. The molecule has 0 saturated heterocycles. The fourth-order valence-corrected chi connectivity index (χ4v) is 2.49. The van der Waals surface area contributed by atoms with Gasteiger partial charge in [0.2, 0.25) is 5.91 Å². The predicted molar refractivity (Wildman–Crippen MR) is 73.1 cm³/mol. The van der Waals surface area contributed by atoms with Crippen LogP contribution >= 0.6 is 0 Å². The second-order valence-electron chi connectivity index (χ2n) is 4.77. The lowest BCUT2D eigenvalue weighted by Crippen LogP contribution is -2.23. The number of aromatic nitrogens is 2. The molecule has 1 atom stereocenters. The van der Waals surface area contributed by atoms with Crippen LogP contribution < -0.4 is 5.32 Å². The Labute approximate surface area is 119 Å². The zero-order valence-corrected chi connectivity index (χ0v) is 11.2. The number of esters is 1. The van der Waals surface area contributed by atoms with E-state index in [0.717, 1.165) is 11.1 Å². The molecule has 2 aromatic rings. The van der Waals surface area contributed by atoms with E-state index < -0.39 is 5.97 Å². The minimum absolute atomic E-state index is 0.0750. The lowest BCUT2D eigenvalue weighted by Gasteiger charge is -2.22. The van der Waals surface area contributed by atoms with Crippen molar-refractivity contribution in [2.24, 2.45) is 0 Å². The molecule has 0 aliphatic carbocycles. The molecule has 21 heavy (non-hydrogen) atoms. The van der Waals surface area contributed by atoms with Gasteiger partial charge >= 0.3 is 5.97 Å². The normalized spacial score (nSPS) is 17.0. The van der Waals surface area contributed by atoms with Gasteiger partial charge in [0.05, 0.1) is 13.3 Å². The van der Waals surface area contributed by atoms with Gasteiger partial charge in [-0.15, -0.1) is 0 Å². The van der Waals surface area contributed by atoms with Crippen molar-refractivity contribution in [3.8, 4) is 5.75 Å². The number of hydrogen-bond donors (Lipinski definition) is 3. The first-order valence-electron chi connectivity index (χ1n) is 6.34. The molecule has 0 bridgehead atoms. The summed E-state index contributed by atoms with van der Waals surface area (Å²) < 4.78 is 4.64. The van der Waals surface area contributed by atoms with Crippen LogP contribution in [0.15, 0.2) is 24.4 Å². The second-order valence-corrected chi connectivity index (χ2v) is 4.77. The first kappa shape index (κ1) is 13.2. The van der Waals surface area contributed by atoms with Crippen molar-refractivity contribution >= 4 is 17.7 Å². The van der Waals surface area contributed by atoms with E-state index in [1.165, 1.54) is 13.2 Å². The quantitative estimate of drug-likeness (QED) is 0.724. The number of hydrogen-bond acceptors (Lipinski definition) is 5. The fourth-order valence-electron chi connectivity index (χ4n) is 2.49. The van der Waals surface area contributed by atoms with Crippen molar-refractivity contribution in [2.45, 2.75) is 12.3 Å². The molecule has 1 aliphatic rings. The maximum atomic E-state index is 11.7. The maximum absolute atomic E-state index is 11.7. The van der Waals surface area contributed by atoms with Gasteiger partial charge in [0, 0.05) is 17.9 Å². The van der Waals surface area contributed by atoms with Crippen LogP contribution in [0.4, 0.5) is 5.82 Å². The average Bonchev–Trinajstić information content (AvgIpc) is 2.94. The van der Waals surface area contributed by atoms with E-state index in [1.54, 1.807) is 18.3 Å². The molecule has 1 aromatic heterocycles. The lowest BCUT2D eigenvalue weighted by atomic mass is 9.86. The number of carbonyl (C=O) groups excluding carboxylic acids is 2. The Balaban J connectivity index is 2.06. The number of fused-ring (bicyclic) bond motifs is 1. The third-order valence-corrected chi connectivity index (χ3v) is 3.53. The van der Waals surface area contributed by atoms with Crippen LogP contribution in [-0.2, 0) is 9.53 Å². The number of rotatable bonds is 2. The minimum atomic E-state index is -0.623. The highest BCUT2D eigenvalue weighted by atomic mass is 16.5. The molecule has 108 valence electrons. The molecule has 2 heterocycles. The van der Waals surface area contributed by atoms with Gasteiger partial charge in [-0.25, -0.2) is 4.79 Å². The largest absolute Gasteiger partial charge is 0.507 e. The standard InChI is InChI=1S/C14H13N3O4/c1-21-14(20)9-4-7(2-3-11(9)18)8-5-12(19)16-13-10(8)6-15-17-13/h2-4,6,8,18H,5H2,1H3,(H2,15,16,17,19)/t8-/m1/s1. The Morgan fingerprint density at radius 1 is 1.48 bits per heavy atom. The Bertz CT molecular complexity index is 723. The van der Waals surface area contributed by atoms with Gasteiger partial charge in [-0.05, 0) is 17.7 Å². The molecule has 3 rings (SSSR count). The molecule has 1 aliphatic heterocycles. The minimum Gasteiger partial charge on any atom is -0.507 e. The van der Waals surface area contributed by atoms with Crippen molar-refractivity contribution in [2.75, 3.05) is 12.4 Å². The van der Waals surface area contributed by atoms with Gasteiger partial charge in [-0.1, -0.05) is 6.07 Å². The first-order valence-corrected chi connectivity index (χ1v) is 6.34. The topological polar surface area (TPSA) is 104 Å². The molecule has 7 heteroatoms. The van der Waals surface area contributed by atoms with Crippen molar-refractivity contribution in [3.05, 3.63) is 41.1 Å². The van der Waals surface area contributed by atoms with Gasteiger partial charge in [-0.3, -0.25) is 9.89 Å². The van der Waals surface area contributed by atoms with E-state index in [4.69, 9.17) is 0 Å². The summed E-state index contributed by atoms with van der Waals surface area (Å²) in [6, 6.07) is 4.65. The number of benzene rings is 1. The number of carbonyl (C=O) groups is 2. The summed E-state index contributed by atoms with van der Waals surface area (Å²) in [6.07, 6.45) is 1.89. The number of methoxy groups -OCH3 is 1. The monoisotopic (exact) mass is 287 g/mol. The number of anilines is 1. The highest BCUT2D eigenvalue weighted by Crippen LogP contribution is 2.37. The first-order chi connectivity index (χ1) is 10.1. The molecular formula is C14H13N3O4. The molecule has 3 N–H and O–H groups in total. The maximum Gasteiger partial charge on any atom is 0.341 e. The van der Waals surface area contributed by atoms with Crippen LogP contribution in [-0.4, -0.2) is 34.3 Å². The molecule has 1 amide bonds. The van der Waals surface area contributed by atoms with E-state index in [1.807, 2.05) is 0 Å². The van der Waals surface area contributed by atoms with Crippen molar-refractivity contribution in [1.82, 2.24) is 10.2 Å². The summed E-state index contributed by atoms with van der Waals surface area (Å²) in [6.45, 7) is 0. The Hall–Kier alpha value is -2.83. The number of nitrogens with zero attached hydrogens (tertiary/aromatic N) is 1. The second kappa shape index (κ2) is 4.93. The van der Waals surface area contributed by atoms with Crippen molar-refractivity contribution in [3.63, 3.8) is 0 Å². The molecule has 0 saturated carbocycles. The van der Waals surface area contributed by atoms with Crippen molar-refractivity contribution < 1.29 is 19.4 Å². The van der Waals surface area contributed by atoms with Gasteiger partial charge in [0.15, 0.2) is 0 Å². The summed E-state index contributed by atoms with van der Waals surface area (Å²) in [5.74, 6) is -0.579. The lowest BCUT2D eigenvalue weighted by molar-refractivity contribution is -0.116. The molecule has 0 spiro atoms. The van der Waals surface area contributed by atoms with Gasteiger partial charge < -0.3 is 15.2 Å². The average molecular weight is 287 g/mol. The highest BCUT2D eigenvalue weighted by molar-refractivity contribution is 5.95. The summed E-state index contributed by atoms with van der Waals surface area (Å²) in [5, 5.41) is 19.1. The third kappa shape index (κ3) is 2.22. The van der Waals surface area contributed by atoms with Crippen LogP contribution in [0.5, 0.6) is 5.75 Å². The number of H-pyrrole nitrogens is 1. The van der Waals surface area contributed by atoms with Crippen LogP contribution in [0.25, 0.3) is 0 Å². The number of aromatic amines is 1. The van der Waals surface area contributed by atoms with Gasteiger partial charge in [0.25, 0.3) is 0 Å². The molecular weight excluding hydrogens is 274 g/mol. The van der Waals surface area contributed by atoms with E-state index in [9.17, 15) is 14.7 Å². The van der Waals surface area contributed by atoms with Gasteiger partial charge in [-0.2, -0.15) is 5.10 Å². The number of nitrogens with one attached hydrogen (secondary N) is 2. The smallest absolute Gasteiger partial charge is 0.341 e. The zero-order valence-electron chi connectivity index (χ0n) is 11.2. The summed E-state index contributed by atoms with van der Waals surface area (Å²) >= 11 is 0. The highest BCUT2D eigenvalue weighted by Gasteiger charge is 2.29. The fraction of sp³-hybridized carbons (Fsp3) is 0.214. The third-order valence-electron chi connectivity index (χ3n) is 3.53. The molecule has 1 aromatic carbocycles. The van der Waals surface area contributed by atoms with Crippen LogP contribution in [0.2, 0.25) is 0 Å². The Kier molecular flexibility index (Phi) is 3.09. The Morgan fingerprint density at radius 2 is 2.29 bits per heavy atom. The number of aromatic hydroxyl groups is 1. The SMILES string of the molecule is COC(=O)c1cc([C@H]2CC(=O)Nc3[nH]ncc32)ccc1O. The van der Waals surface area contributed by atoms with E-state index in [0.29, 0.717) is 5.82 Å². The predicted octanol–water partition coefficient (Wildman–Crippen LogP) is 1.38. The van der Waals surface area contributed by atoms with E-state index in [-0.39, 0.29) is 29.6 Å². The van der Waals surface area contributed by atoms with Crippen LogP contribution in [0.3, 0.4) is 0 Å². The number of phenols is 1. The van der Waals surface area contributed by atoms with E-state index in [2.05, 4.69) is 20.3 Å². The molecule has 0 radical (unpaired) electrons. The number of amides is 1. The summed E-state index contributed by atoms with van der Waals surface area (Å²) in [7, 11) is 1.25. The number of phenolic OH excluding ortho intramolecular Hbond substituents is 1. The zero-order chi connectivity index (χ0) is 15.0. The molecule has 0 fully saturated rings. The van der Waals surface area contributed by atoms with Crippen LogP contribution in [0, 0.1) is 0 Å².